The van der Waals surface area contributed by atoms with Gasteiger partial charge < -0.3 is 5.11 Å². The molecular weight excluding hydrogens is 232 g/mol. The molecule has 2 heteroatoms. The minimum absolute atomic E-state index is 0.0470. The first-order valence-corrected chi connectivity index (χ1v) is 6.96. The van der Waals surface area contributed by atoms with Crippen LogP contribution in [0.5, 0.6) is 0 Å². The Labute approximate surface area is 109 Å². The van der Waals surface area contributed by atoms with Gasteiger partial charge in [0.25, 0.3) is 0 Å². The van der Waals surface area contributed by atoms with Crippen molar-refractivity contribution in [3.8, 4) is 0 Å². The van der Waals surface area contributed by atoms with Crippen molar-refractivity contribution in [2.45, 2.75) is 51.6 Å². The van der Waals surface area contributed by atoms with Gasteiger partial charge in [-0.25, -0.2) is 0 Å². The number of benzene rings is 1. The fraction of sp³-hybridized carbons (Fsp3) is 0.600. The Morgan fingerprint density at radius 2 is 1.94 bits per heavy atom. The second-order valence-electron chi connectivity index (χ2n) is 5.31. The molecular formula is C15H21ClO. The lowest BCUT2D eigenvalue weighted by atomic mass is 9.84. The first-order chi connectivity index (χ1) is 8.15. The first-order valence-electron chi connectivity index (χ1n) is 6.58. The fourth-order valence-corrected chi connectivity index (χ4v) is 2.98. The maximum atomic E-state index is 9.47. The van der Waals surface area contributed by atoms with Gasteiger partial charge in [-0.15, -0.1) is 0 Å². The van der Waals surface area contributed by atoms with Gasteiger partial charge in [-0.2, -0.15) is 0 Å². The Kier molecular flexibility index (Phi) is 4.47. The van der Waals surface area contributed by atoms with Crippen LogP contribution in [-0.4, -0.2) is 11.2 Å². The Hall–Kier alpha value is -0.530. The minimum Gasteiger partial charge on any atom is -0.393 e. The number of aliphatic hydroxyl groups excluding tert-OH is 1. The molecule has 0 heterocycles. The number of aryl methyl sites for hydroxylation is 2. The van der Waals surface area contributed by atoms with Crippen molar-refractivity contribution in [3.05, 3.63) is 34.3 Å². The van der Waals surface area contributed by atoms with E-state index in [0.29, 0.717) is 0 Å². The van der Waals surface area contributed by atoms with E-state index in [9.17, 15) is 5.11 Å². The second kappa shape index (κ2) is 5.88. The third-order valence-corrected chi connectivity index (χ3v) is 4.20. The largest absolute Gasteiger partial charge is 0.393 e. The normalized spacial score (nSPS) is 24.9. The lowest BCUT2D eigenvalue weighted by Crippen LogP contribution is -2.18. The van der Waals surface area contributed by atoms with Crippen LogP contribution in [0.25, 0.3) is 0 Å². The number of halogens is 1. The smallest absolute Gasteiger partial charge is 0.0540 e. The van der Waals surface area contributed by atoms with Gasteiger partial charge >= 0.3 is 0 Å². The molecule has 94 valence electrons. The van der Waals surface area contributed by atoms with Crippen LogP contribution >= 0.6 is 11.6 Å². The molecule has 0 bridgehead atoms. The van der Waals surface area contributed by atoms with E-state index in [1.165, 1.54) is 30.4 Å². The zero-order valence-corrected chi connectivity index (χ0v) is 11.2. The van der Waals surface area contributed by atoms with Gasteiger partial charge in [0.2, 0.25) is 0 Å². The highest BCUT2D eigenvalue weighted by molar-refractivity contribution is 6.31. The summed E-state index contributed by atoms with van der Waals surface area (Å²) in [6.07, 6.45) is 6.53. The predicted molar refractivity (Wildman–Crippen MR) is 72.5 cm³/mol. The van der Waals surface area contributed by atoms with E-state index in [-0.39, 0.29) is 6.10 Å². The molecule has 1 aromatic carbocycles. The van der Waals surface area contributed by atoms with Crippen LogP contribution in [0.2, 0.25) is 5.02 Å². The molecule has 0 saturated heterocycles. The zero-order valence-electron chi connectivity index (χ0n) is 10.5. The molecule has 1 N–H and O–H groups in total. The van der Waals surface area contributed by atoms with Crippen LogP contribution in [0, 0.1) is 12.8 Å². The molecule has 1 aliphatic rings. The van der Waals surface area contributed by atoms with Crippen molar-refractivity contribution in [1.29, 1.82) is 0 Å². The summed E-state index contributed by atoms with van der Waals surface area (Å²) in [5.74, 6) is 0.774. The van der Waals surface area contributed by atoms with Gasteiger partial charge in [-0.05, 0) is 68.6 Å². The molecule has 1 nitrogen and oxygen atoms in total. The van der Waals surface area contributed by atoms with E-state index in [4.69, 9.17) is 11.6 Å². The summed E-state index contributed by atoms with van der Waals surface area (Å²) < 4.78 is 0. The van der Waals surface area contributed by atoms with Gasteiger partial charge in [0.1, 0.15) is 0 Å². The highest BCUT2D eigenvalue weighted by Crippen LogP contribution is 2.29. The maximum absolute atomic E-state index is 9.47. The van der Waals surface area contributed by atoms with Crippen molar-refractivity contribution in [3.63, 3.8) is 0 Å². The minimum atomic E-state index is -0.0470. The summed E-state index contributed by atoms with van der Waals surface area (Å²) in [6.45, 7) is 2.07. The molecule has 0 aromatic heterocycles. The highest BCUT2D eigenvalue weighted by Gasteiger charge is 2.19. The van der Waals surface area contributed by atoms with Crippen molar-refractivity contribution >= 4 is 11.6 Å². The molecule has 1 aliphatic carbocycles. The molecule has 17 heavy (non-hydrogen) atoms. The molecule has 0 atom stereocenters. The van der Waals surface area contributed by atoms with E-state index in [1.807, 2.05) is 6.07 Å². The maximum Gasteiger partial charge on any atom is 0.0540 e. The van der Waals surface area contributed by atoms with Crippen LogP contribution in [0.3, 0.4) is 0 Å². The third-order valence-electron chi connectivity index (χ3n) is 3.85. The monoisotopic (exact) mass is 252 g/mol. The van der Waals surface area contributed by atoms with Crippen molar-refractivity contribution in [1.82, 2.24) is 0 Å². The molecule has 1 saturated carbocycles. The number of hydrogen-bond acceptors (Lipinski definition) is 1. The van der Waals surface area contributed by atoms with Gasteiger partial charge in [0, 0.05) is 5.02 Å². The molecule has 0 aliphatic heterocycles. The van der Waals surface area contributed by atoms with Crippen molar-refractivity contribution in [2.75, 3.05) is 0 Å². The molecule has 0 unspecified atom stereocenters. The standard InChI is InChI=1S/C15H21ClO/c1-11-2-6-13(15(16)10-11)7-3-12-4-8-14(17)9-5-12/h2,6,10,12,14,17H,3-5,7-9H2,1H3. The Bertz CT molecular complexity index is 367. The Morgan fingerprint density at radius 3 is 2.59 bits per heavy atom. The number of aliphatic hydroxyl groups is 1. The van der Waals surface area contributed by atoms with Gasteiger partial charge in [0.15, 0.2) is 0 Å². The highest BCUT2D eigenvalue weighted by atomic mass is 35.5. The summed E-state index contributed by atoms with van der Waals surface area (Å²) in [5, 5.41) is 10.4. The second-order valence-corrected chi connectivity index (χ2v) is 5.72. The van der Waals surface area contributed by atoms with Crippen LogP contribution in [0.4, 0.5) is 0 Å². The topological polar surface area (TPSA) is 20.2 Å². The molecule has 0 spiro atoms. The summed E-state index contributed by atoms with van der Waals surface area (Å²) in [7, 11) is 0. The lowest BCUT2D eigenvalue weighted by Gasteiger charge is -2.25. The predicted octanol–water partition coefficient (Wildman–Crippen LogP) is 4.13. The van der Waals surface area contributed by atoms with Crippen molar-refractivity contribution < 1.29 is 5.11 Å². The number of hydrogen-bond donors (Lipinski definition) is 1. The van der Waals surface area contributed by atoms with E-state index >= 15 is 0 Å². The first kappa shape index (κ1) is 12.9. The van der Waals surface area contributed by atoms with Gasteiger partial charge in [-0.3, -0.25) is 0 Å². The summed E-state index contributed by atoms with van der Waals surface area (Å²) in [4.78, 5) is 0. The van der Waals surface area contributed by atoms with Crippen LogP contribution in [0.15, 0.2) is 18.2 Å². The van der Waals surface area contributed by atoms with Crippen LogP contribution in [-0.2, 0) is 6.42 Å². The average Bonchev–Trinajstić information content (AvgIpc) is 2.30. The van der Waals surface area contributed by atoms with E-state index in [2.05, 4.69) is 19.1 Å². The molecule has 0 amide bonds. The number of rotatable bonds is 3. The molecule has 1 aromatic rings. The van der Waals surface area contributed by atoms with Gasteiger partial charge in [0.05, 0.1) is 6.10 Å². The summed E-state index contributed by atoms with van der Waals surface area (Å²) in [6, 6.07) is 6.32. The van der Waals surface area contributed by atoms with E-state index < -0.39 is 0 Å². The van der Waals surface area contributed by atoms with Crippen molar-refractivity contribution in [2.24, 2.45) is 5.92 Å². The molecule has 2 rings (SSSR count). The fourth-order valence-electron chi connectivity index (χ4n) is 2.65. The van der Waals surface area contributed by atoms with E-state index in [1.54, 1.807) is 0 Å². The van der Waals surface area contributed by atoms with E-state index in [0.717, 1.165) is 30.2 Å². The van der Waals surface area contributed by atoms with Gasteiger partial charge in [-0.1, -0.05) is 23.7 Å². The quantitative estimate of drug-likeness (QED) is 0.858. The summed E-state index contributed by atoms with van der Waals surface area (Å²) >= 11 is 6.23. The Balaban J connectivity index is 1.85. The third kappa shape index (κ3) is 3.72. The SMILES string of the molecule is Cc1ccc(CCC2CCC(O)CC2)c(Cl)c1. The summed E-state index contributed by atoms with van der Waals surface area (Å²) in [5.41, 5.74) is 2.49. The molecule has 1 fully saturated rings. The zero-order chi connectivity index (χ0) is 12.3. The van der Waals surface area contributed by atoms with Crippen LogP contribution in [0.1, 0.15) is 43.2 Å². The van der Waals surface area contributed by atoms with Crippen LogP contribution < -0.4 is 0 Å². The average molecular weight is 253 g/mol. The lowest BCUT2D eigenvalue weighted by molar-refractivity contribution is 0.106. The Morgan fingerprint density at radius 1 is 1.24 bits per heavy atom. The molecule has 0 radical (unpaired) electrons.